The third kappa shape index (κ3) is 3.07. The van der Waals surface area contributed by atoms with E-state index >= 15 is 0 Å². The van der Waals surface area contributed by atoms with Gasteiger partial charge in [0.05, 0.1) is 18.8 Å². The molecule has 96 valence electrons. The minimum Gasteiger partial charge on any atom is -0.374 e. The first-order chi connectivity index (χ1) is 8.22. The number of hydrogen-bond donors (Lipinski definition) is 1. The lowest BCUT2D eigenvalue weighted by Gasteiger charge is -2.38. The molecule has 17 heavy (non-hydrogen) atoms. The fourth-order valence-electron chi connectivity index (χ4n) is 2.33. The van der Waals surface area contributed by atoms with Crippen LogP contribution < -0.4 is 5.32 Å². The molecule has 0 aliphatic carbocycles. The fourth-order valence-corrected chi connectivity index (χ4v) is 3.43. The van der Waals surface area contributed by atoms with Gasteiger partial charge in [-0.25, -0.2) is 0 Å². The van der Waals surface area contributed by atoms with Gasteiger partial charge in [0.1, 0.15) is 0 Å². The molecule has 0 spiro atoms. The second kappa shape index (κ2) is 5.96. The third-order valence-corrected chi connectivity index (χ3v) is 4.32. The number of thiophene rings is 1. The van der Waals surface area contributed by atoms with E-state index in [4.69, 9.17) is 4.74 Å². The van der Waals surface area contributed by atoms with Crippen LogP contribution in [0.3, 0.4) is 0 Å². The Kier molecular flexibility index (Phi) is 4.56. The molecule has 4 heteroatoms. The largest absolute Gasteiger partial charge is 0.374 e. The second-order valence-corrected chi connectivity index (χ2v) is 5.91. The molecule has 0 radical (unpaired) electrons. The van der Waals surface area contributed by atoms with Gasteiger partial charge in [-0.1, -0.05) is 6.92 Å². The Morgan fingerprint density at radius 1 is 1.53 bits per heavy atom. The van der Waals surface area contributed by atoms with E-state index in [0.29, 0.717) is 6.04 Å². The predicted octanol–water partition coefficient (Wildman–Crippen LogP) is 2.04. The van der Waals surface area contributed by atoms with Gasteiger partial charge in [0.15, 0.2) is 0 Å². The molecule has 0 aromatic carbocycles. The van der Waals surface area contributed by atoms with Crippen molar-refractivity contribution in [2.24, 2.45) is 0 Å². The smallest absolute Gasteiger partial charge is 0.0904 e. The highest BCUT2D eigenvalue weighted by Gasteiger charge is 2.31. The van der Waals surface area contributed by atoms with Gasteiger partial charge in [-0.15, -0.1) is 11.3 Å². The van der Waals surface area contributed by atoms with E-state index in [1.807, 2.05) is 11.3 Å². The van der Waals surface area contributed by atoms with Crippen molar-refractivity contribution < 1.29 is 4.74 Å². The standard InChI is InChI=1S/C13H22N2OS/c1-4-14-9-11-13(15(3)7-8-16-11)12-6-5-10(2)17-12/h5-6,11,13-14H,4,7-9H2,1-3H3. The molecule has 2 unspecified atom stereocenters. The van der Waals surface area contributed by atoms with Crippen LogP contribution in [0.5, 0.6) is 0 Å². The van der Waals surface area contributed by atoms with E-state index < -0.39 is 0 Å². The minimum atomic E-state index is 0.270. The number of rotatable bonds is 4. The van der Waals surface area contributed by atoms with Crippen molar-refractivity contribution in [1.29, 1.82) is 0 Å². The number of likely N-dealkylation sites (N-methyl/N-ethyl adjacent to an activating group) is 2. The summed E-state index contributed by atoms with van der Waals surface area (Å²) in [5.41, 5.74) is 0. The number of morpholine rings is 1. The van der Waals surface area contributed by atoms with Gasteiger partial charge in [0.25, 0.3) is 0 Å². The van der Waals surface area contributed by atoms with Crippen LogP contribution in [0, 0.1) is 6.92 Å². The van der Waals surface area contributed by atoms with E-state index in [0.717, 1.165) is 26.2 Å². The van der Waals surface area contributed by atoms with E-state index in [1.165, 1.54) is 9.75 Å². The SMILES string of the molecule is CCNCC1OCCN(C)C1c1ccc(C)s1. The summed E-state index contributed by atoms with van der Waals surface area (Å²) in [4.78, 5) is 5.21. The molecule has 1 aliphatic heterocycles. The van der Waals surface area contributed by atoms with Crippen molar-refractivity contribution >= 4 is 11.3 Å². The summed E-state index contributed by atoms with van der Waals surface area (Å²) in [6.45, 7) is 8.09. The molecule has 2 rings (SSSR count). The summed E-state index contributed by atoms with van der Waals surface area (Å²) in [5, 5.41) is 3.40. The Morgan fingerprint density at radius 2 is 2.35 bits per heavy atom. The van der Waals surface area contributed by atoms with Gasteiger partial charge in [0, 0.05) is 22.8 Å². The van der Waals surface area contributed by atoms with E-state index in [2.05, 4.69) is 43.2 Å². The average Bonchev–Trinajstić information content (AvgIpc) is 2.73. The van der Waals surface area contributed by atoms with Crippen LogP contribution >= 0.6 is 11.3 Å². The monoisotopic (exact) mass is 254 g/mol. The Bertz CT molecular complexity index is 353. The van der Waals surface area contributed by atoms with Crippen LogP contribution in [0.4, 0.5) is 0 Å². The molecule has 2 heterocycles. The molecule has 0 bridgehead atoms. The molecular weight excluding hydrogens is 232 g/mol. The number of nitrogens with one attached hydrogen (secondary N) is 1. The Labute approximate surface area is 108 Å². The lowest BCUT2D eigenvalue weighted by Crippen LogP contribution is -2.47. The zero-order chi connectivity index (χ0) is 12.3. The average molecular weight is 254 g/mol. The molecule has 1 aromatic rings. The maximum atomic E-state index is 5.93. The van der Waals surface area contributed by atoms with Crippen LogP contribution in [-0.4, -0.2) is 44.3 Å². The van der Waals surface area contributed by atoms with Crippen LogP contribution in [-0.2, 0) is 4.74 Å². The lowest BCUT2D eigenvalue weighted by atomic mass is 10.1. The van der Waals surface area contributed by atoms with Gasteiger partial charge >= 0.3 is 0 Å². The summed E-state index contributed by atoms with van der Waals surface area (Å²) in [7, 11) is 2.20. The molecular formula is C13H22N2OS. The molecule has 0 amide bonds. The zero-order valence-corrected chi connectivity index (χ0v) is 11.7. The number of ether oxygens (including phenoxy) is 1. The quantitative estimate of drug-likeness (QED) is 0.890. The second-order valence-electron chi connectivity index (χ2n) is 4.59. The summed E-state index contributed by atoms with van der Waals surface area (Å²) in [5.74, 6) is 0. The Balaban J connectivity index is 2.12. The highest BCUT2D eigenvalue weighted by atomic mass is 32.1. The summed E-state index contributed by atoms with van der Waals surface area (Å²) in [6.07, 6.45) is 0.270. The summed E-state index contributed by atoms with van der Waals surface area (Å²) < 4.78 is 5.93. The van der Waals surface area contributed by atoms with E-state index in [-0.39, 0.29) is 6.10 Å². The van der Waals surface area contributed by atoms with E-state index in [1.54, 1.807) is 0 Å². The topological polar surface area (TPSA) is 24.5 Å². The van der Waals surface area contributed by atoms with Crippen LogP contribution in [0.15, 0.2) is 12.1 Å². The molecule has 1 aliphatic rings. The Hall–Kier alpha value is -0.420. The maximum absolute atomic E-state index is 5.93. The summed E-state index contributed by atoms with van der Waals surface area (Å²) in [6, 6.07) is 4.85. The van der Waals surface area contributed by atoms with Crippen molar-refractivity contribution in [3.63, 3.8) is 0 Å². The number of hydrogen-bond acceptors (Lipinski definition) is 4. The molecule has 2 atom stereocenters. The molecule has 1 fully saturated rings. The zero-order valence-electron chi connectivity index (χ0n) is 10.9. The van der Waals surface area contributed by atoms with Gasteiger partial charge in [-0.3, -0.25) is 4.90 Å². The fraction of sp³-hybridized carbons (Fsp3) is 0.692. The molecule has 0 saturated carbocycles. The number of aryl methyl sites for hydroxylation is 1. The van der Waals surface area contributed by atoms with Crippen molar-refractivity contribution in [3.05, 3.63) is 21.9 Å². The maximum Gasteiger partial charge on any atom is 0.0904 e. The first-order valence-electron chi connectivity index (χ1n) is 6.31. The van der Waals surface area contributed by atoms with Gasteiger partial charge in [-0.2, -0.15) is 0 Å². The van der Waals surface area contributed by atoms with Crippen molar-refractivity contribution in [3.8, 4) is 0 Å². The van der Waals surface area contributed by atoms with Crippen LogP contribution in [0.2, 0.25) is 0 Å². The Morgan fingerprint density at radius 3 is 3.00 bits per heavy atom. The van der Waals surface area contributed by atoms with Gasteiger partial charge in [0.2, 0.25) is 0 Å². The molecule has 1 N–H and O–H groups in total. The first-order valence-corrected chi connectivity index (χ1v) is 7.13. The minimum absolute atomic E-state index is 0.270. The van der Waals surface area contributed by atoms with Gasteiger partial charge < -0.3 is 10.1 Å². The highest BCUT2D eigenvalue weighted by Crippen LogP contribution is 2.32. The number of nitrogens with zero attached hydrogens (tertiary/aromatic N) is 1. The normalized spacial score (nSPS) is 26.3. The lowest BCUT2D eigenvalue weighted by molar-refractivity contribution is -0.0600. The van der Waals surface area contributed by atoms with Crippen LogP contribution in [0.1, 0.15) is 22.7 Å². The first kappa shape index (κ1) is 13.0. The van der Waals surface area contributed by atoms with Gasteiger partial charge in [-0.05, 0) is 32.6 Å². The van der Waals surface area contributed by atoms with Crippen LogP contribution in [0.25, 0.3) is 0 Å². The highest BCUT2D eigenvalue weighted by molar-refractivity contribution is 7.12. The molecule has 1 aromatic heterocycles. The molecule has 1 saturated heterocycles. The van der Waals surface area contributed by atoms with E-state index in [9.17, 15) is 0 Å². The van der Waals surface area contributed by atoms with Crippen molar-refractivity contribution in [1.82, 2.24) is 10.2 Å². The van der Waals surface area contributed by atoms with Crippen molar-refractivity contribution in [2.75, 3.05) is 33.3 Å². The predicted molar refractivity (Wildman–Crippen MR) is 72.7 cm³/mol. The third-order valence-electron chi connectivity index (χ3n) is 3.25. The van der Waals surface area contributed by atoms with Crippen molar-refractivity contribution in [2.45, 2.75) is 26.0 Å². The molecule has 3 nitrogen and oxygen atoms in total. The summed E-state index contributed by atoms with van der Waals surface area (Å²) >= 11 is 1.89.